The summed E-state index contributed by atoms with van der Waals surface area (Å²) in [7, 11) is -4.68. The van der Waals surface area contributed by atoms with Crippen LogP contribution in [0, 0.1) is 0 Å². The summed E-state index contributed by atoms with van der Waals surface area (Å²) in [5.41, 5.74) is -0.435. The summed E-state index contributed by atoms with van der Waals surface area (Å²) < 4.78 is 41.1. The molecule has 0 aliphatic heterocycles. The third-order valence-corrected chi connectivity index (χ3v) is 3.16. The van der Waals surface area contributed by atoms with E-state index in [1.165, 1.54) is 6.07 Å². The zero-order valence-electron chi connectivity index (χ0n) is 11.0. The van der Waals surface area contributed by atoms with Gasteiger partial charge in [0.05, 0.1) is 24.3 Å². The molecule has 0 amide bonds. The van der Waals surface area contributed by atoms with E-state index in [1.807, 2.05) is 0 Å². The zero-order chi connectivity index (χ0) is 15.3. The van der Waals surface area contributed by atoms with Crippen LogP contribution in [0.4, 0.5) is 0 Å². The van der Waals surface area contributed by atoms with Gasteiger partial charge in [0.1, 0.15) is 4.90 Å². The van der Waals surface area contributed by atoms with Crippen molar-refractivity contribution >= 4 is 73.4 Å². The van der Waals surface area contributed by atoms with Crippen molar-refractivity contribution < 1.29 is 32.0 Å². The Kier molecular flexibility index (Phi) is 8.86. The van der Waals surface area contributed by atoms with Crippen LogP contribution in [0.5, 0.6) is 0 Å². The predicted octanol–water partition coefficient (Wildman–Crippen LogP) is 0.638. The minimum atomic E-state index is -4.68. The van der Waals surface area contributed by atoms with Crippen LogP contribution in [-0.4, -0.2) is 89.5 Å². The molecule has 0 spiro atoms. The fourth-order valence-electron chi connectivity index (χ4n) is 1.45. The zero-order valence-corrected chi connectivity index (χ0v) is 11.8. The average Bonchev–Trinajstić information content (AvgIpc) is 2.37. The van der Waals surface area contributed by atoms with Crippen LogP contribution >= 0.6 is 0 Å². The fourth-order valence-corrected chi connectivity index (χ4v) is 2.16. The summed E-state index contributed by atoms with van der Waals surface area (Å²) in [6.45, 7) is 3.30. The molecule has 0 atom stereocenters. The Balaban J connectivity index is 0.00000400. The first kappa shape index (κ1) is 20.7. The van der Waals surface area contributed by atoms with Crippen molar-refractivity contribution in [1.29, 1.82) is 0 Å². The van der Waals surface area contributed by atoms with E-state index in [0.717, 1.165) is 12.1 Å². The molecule has 1 aromatic carbocycles. The molecule has 112 valence electrons. The average molecular weight is 342 g/mol. The summed E-state index contributed by atoms with van der Waals surface area (Å²) in [4.78, 5) is 22.4. The molecule has 21 heavy (non-hydrogen) atoms. The van der Waals surface area contributed by atoms with Crippen LogP contribution in [0.2, 0.25) is 0 Å². The molecule has 0 saturated heterocycles. The molecule has 0 aromatic heterocycles. The molecule has 7 nitrogen and oxygen atoms in total. The van der Waals surface area contributed by atoms with Gasteiger partial charge >= 0.3 is 63.3 Å². The molecule has 0 fully saturated rings. The van der Waals surface area contributed by atoms with Gasteiger partial charge in [0, 0.05) is 0 Å². The Bertz CT molecular complexity index is 624. The summed E-state index contributed by atoms with van der Waals surface area (Å²) in [6, 6.07) is 3.19. The van der Waals surface area contributed by atoms with Crippen molar-refractivity contribution in [3.05, 3.63) is 29.3 Å². The molecule has 9 heteroatoms. The summed E-state index contributed by atoms with van der Waals surface area (Å²) in [6.07, 6.45) is 0. The van der Waals surface area contributed by atoms with E-state index in [4.69, 9.17) is 9.29 Å². The van der Waals surface area contributed by atoms with Crippen LogP contribution in [0.15, 0.2) is 23.1 Å². The number of hydrogen-bond donors (Lipinski definition) is 1. The van der Waals surface area contributed by atoms with Crippen molar-refractivity contribution in [3.8, 4) is 0 Å². The van der Waals surface area contributed by atoms with Gasteiger partial charge in [-0.15, -0.1) is 0 Å². The van der Waals surface area contributed by atoms with Crippen LogP contribution in [0.3, 0.4) is 0 Å². The molecule has 1 N–H and O–H groups in total. The first-order valence-electron chi connectivity index (χ1n) is 5.77. The maximum atomic E-state index is 11.6. The second kappa shape index (κ2) is 8.98. The van der Waals surface area contributed by atoms with Crippen LogP contribution in [0.1, 0.15) is 34.6 Å². The molecule has 1 aromatic rings. The van der Waals surface area contributed by atoms with E-state index in [-0.39, 0.29) is 75.7 Å². The molecule has 1 rings (SSSR count). The molecule has 0 aliphatic carbocycles. The third-order valence-electron chi connectivity index (χ3n) is 2.27. The molecule has 0 heterocycles. The molecule has 0 radical (unpaired) electrons. The number of carbonyl (C=O) groups is 2. The van der Waals surface area contributed by atoms with E-state index in [1.54, 1.807) is 13.8 Å². The molecular formula is C12H15KO7S. The summed E-state index contributed by atoms with van der Waals surface area (Å²) in [5.74, 6) is -1.66. The van der Waals surface area contributed by atoms with Crippen LogP contribution in [0.25, 0.3) is 0 Å². The van der Waals surface area contributed by atoms with Gasteiger partial charge in [0.2, 0.25) is 0 Å². The van der Waals surface area contributed by atoms with E-state index >= 15 is 0 Å². The standard InChI is InChI=1S/C12H14O7S.K.H/c1-3-18-11(13)8-5-6-9(12(14)19-4-2)10(7-8)20(15,16)17;;/h5-7H,3-4H2,1-2H3,(H,15,16,17);;. The number of benzene rings is 1. The Hall–Kier alpha value is -0.294. The quantitative estimate of drug-likeness (QED) is 0.475. The SMILES string of the molecule is CCOC(=O)c1ccc(C(=O)OCC)c(S(=O)(=O)O)c1.[KH]. The number of hydrogen-bond acceptors (Lipinski definition) is 6. The molecular weight excluding hydrogens is 327 g/mol. The van der Waals surface area contributed by atoms with Gasteiger partial charge in [-0.2, -0.15) is 8.42 Å². The Morgan fingerprint density at radius 3 is 2.10 bits per heavy atom. The molecule has 0 aliphatic rings. The topological polar surface area (TPSA) is 107 Å². The van der Waals surface area contributed by atoms with Gasteiger partial charge in [-0.05, 0) is 32.0 Å². The van der Waals surface area contributed by atoms with Gasteiger partial charge in [0.25, 0.3) is 10.1 Å². The van der Waals surface area contributed by atoms with Crippen molar-refractivity contribution in [2.24, 2.45) is 0 Å². The normalized spacial score (nSPS) is 10.4. The number of rotatable bonds is 5. The van der Waals surface area contributed by atoms with Gasteiger partial charge in [-0.1, -0.05) is 0 Å². The van der Waals surface area contributed by atoms with Gasteiger partial charge in [-0.25, -0.2) is 9.59 Å². The maximum absolute atomic E-state index is 11.6. The van der Waals surface area contributed by atoms with Crippen molar-refractivity contribution in [2.75, 3.05) is 13.2 Å². The fraction of sp³-hybridized carbons (Fsp3) is 0.333. The first-order chi connectivity index (χ1) is 9.31. The van der Waals surface area contributed by atoms with Crippen molar-refractivity contribution in [3.63, 3.8) is 0 Å². The Morgan fingerprint density at radius 2 is 1.62 bits per heavy atom. The number of ether oxygens (including phenoxy) is 2. The number of carbonyl (C=O) groups excluding carboxylic acids is 2. The second-order valence-electron chi connectivity index (χ2n) is 3.63. The van der Waals surface area contributed by atoms with Gasteiger partial charge in [0.15, 0.2) is 0 Å². The van der Waals surface area contributed by atoms with Crippen LogP contribution < -0.4 is 0 Å². The third kappa shape index (κ3) is 5.78. The Morgan fingerprint density at radius 1 is 1.10 bits per heavy atom. The van der Waals surface area contributed by atoms with Crippen LogP contribution in [-0.2, 0) is 19.6 Å². The van der Waals surface area contributed by atoms with E-state index < -0.39 is 27.0 Å². The van der Waals surface area contributed by atoms with Gasteiger partial charge < -0.3 is 9.47 Å². The van der Waals surface area contributed by atoms with Crippen molar-refractivity contribution in [1.82, 2.24) is 0 Å². The van der Waals surface area contributed by atoms with E-state index in [2.05, 4.69) is 4.74 Å². The Labute approximate surface area is 165 Å². The summed E-state index contributed by atoms with van der Waals surface area (Å²) >= 11 is 0. The van der Waals surface area contributed by atoms with Crippen molar-refractivity contribution in [2.45, 2.75) is 18.7 Å². The van der Waals surface area contributed by atoms with E-state index in [9.17, 15) is 18.0 Å². The second-order valence-corrected chi connectivity index (χ2v) is 5.02. The molecule has 0 unspecified atom stereocenters. The summed E-state index contributed by atoms with van der Waals surface area (Å²) in [5, 5.41) is 0. The van der Waals surface area contributed by atoms with Gasteiger partial charge in [-0.3, -0.25) is 4.55 Å². The minimum absolute atomic E-state index is 0. The molecule has 0 bridgehead atoms. The van der Waals surface area contributed by atoms with E-state index in [0.29, 0.717) is 0 Å². The number of esters is 2. The predicted molar refractivity (Wildman–Crippen MR) is 75.3 cm³/mol. The molecule has 0 saturated carbocycles. The first-order valence-corrected chi connectivity index (χ1v) is 7.21. The monoisotopic (exact) mass is 342 g/mol.